The van der Waals surface area contributed by atoms with Gasteiger partial charge in [0.2, 0.25) is 5.96 Å². The van der Waals surface area contributed by atoms with E-state index in [1.807, 2.05) is 26.0 Å². The third kappa shape index (κ3) is 6.26. The molecule has 0 bridgehead atoms. The topological polar surface area (TPSA) is 84.8 Å². The normalized spacial score (nSPS) is 15.1. The Morgan fingerprint density at radius 2 is 2.32 bits per heavy atom. The highest BCUT2D eigenvalue weighted by Gasteiger charge is 2.07. The van der Waals surface area contributed by atoms with Crippen LogP contribution in [0.3, 0.4) is 0 Å². The second-order valence-electron chi connectivity index (χ2n) is 4.59. The number of ether oxygens (including phenoxy) is 1. The average Bonchev–Trinajstić information content (AvgIpc) is 2.89. The van der Waals surface area contributed by atoms with Crippen LogP contribution in [0, 0.1) is 0 Å². The number of aliphatic imine (C=N–C) groups is 1. The summed E-state index contributed by atoms with van der Waals surface area (Å²) in [4.78, 5) is 4.49. The van der Waals surface area contributed by atoms with E-state index in [0.717, 1.165) is 18.6 Å². The summed E-state index contributed by atoms with van der Waals surface area (Å²) in [6.45, 7) is 4.65. The summed E-state index contributed by atoms with van der Waals surface area (Å²) in [5, 5.41) is 3.16. The maximum Gasteiger partial charge on any atom is 0.206 e. The van der Waals surface area contributed by atoms with Crippen molar-refractivity contribution in [3.8, 4) is 0 Å². The Kier molecular flexibility index (Phi) is 6.99. The molecule has 0 saturated heterocycles. The van der Waals surface area contributed by atoms with E-state index in [0.29, 0.717) is 12.6 Å². The Hall–Kier alpha value is -1.53. The Bertz CT molecular complexity index is 365. The second kappa shape index (κ2) is 8.55. The van der Waals surface area contributed by atoms with E-state index in [4.69, 9.17) is 15.0 Å². The summed E-state index contributed by atoms with van der Waals surface area (Å²) in [5.74, 6) is 7.01. The van der Waals surface area contributed by atoms with E-state index in [2.05, 4.69) is 15.7 Å². The number of nitrogens with one attached hydrogen (secondary N) is 2. The van der Waals surface area contributed by atoms with Crippen LogP contribution in [-0.4, -0.2) is 31.8 Å². The molecule has 0 saturated carbocycles. The van der Waals surface area contributed by atoms with Crippen LogP contribution in [-0.2, 0) is 11.2 Å². The van der Waals surface area contributed by atoms with Gasteiger partial charge >= 0.3 is 0 Å². The van der Waals surface area contributed by atoms with Gasteiger partial charge in [-0.2, -0.15) is 0 Å². The molecule has 0 aliphatic heterocycles. The van der Waals surface area contributed by atoms with Crippen molar-refractivity contribution in [3.63, 3.8) is 0 Å². The summed E-state index contributed by atoms with van der Waals surface area (Å²) < 4.78 is 10.3. The zero-order valence-electron chi connectivity index (χ0n) is 11.8. The summed E-state index contributed by atoms with van der Waals surface area (Å²) in [6, 6.07) is 4.16. The molecule has 2 unspecified atom stereocenters. The van der Waals surface area contributed by atoms with E-state index < -0.39 is 0 Å². The maximum atomic E-state index is 5.45. The van der Waals surface area contributed by atoms with Crippen molar-refractivity contribution in [2.45, 2.75) is 38.8 Å². The minimum absolute atomic E-state index is 0.150. The lowest BCUT2D eigenvalue weighted by molar-refractivity contribution is 0.179. The van der Waals surface area contributed by atoms with Crippen LogP contribution in [0.15, 0.2) is 27.8 Å². The van der Waals surface area contributed by atoms with Gasteiger partial charge in [0.15, 0.2) is 0 Å². The molecule has 0 aliphatic carbocycles. The van der Waals surface area contributed by atoms with Crippen molar-refractivity contribution in [3.05, 3.63) is 24.2 Å². The maximum absolute atomic E-state index is 5.45. The van der Waals surface area contributed by atoms with Crippen LogP contribution in [0.2, 0.25) is 0 Å². The first-order valence-electron chi connectivity index (χ1n) is 6.48. The minimum atomic E-state index is 0.150. The molecule has 0 fully saturated rings. The lowest BCUT2D eigenvalue weighted by atomic mass is 10.1. The van der Waals surface area contributed by atoms with Crippen LogP contribution >= 0.6 is 0 Å². The summed E-state index contributed by atoms with van der Waals surface area (Å²) in [7, 11) is 1.66. The van der Waals surface area contributed by atoms with Crippen molar-refractivity contribution in [2.24, 2.45) is 10.8 Å². The molecule has 6 nitrogen and oxygen atoms in total. The number of nitrogens with zero attached hydrogens (tertiary/aromatic N) is 1. The predicted molar refractivity (Wildman–Crippen MR) is 75.7 cm³/mol. The number of rotatable bonds is 7. The molecule has 0 spiro atoms. The minimum Gasteiger partial charge on any atom is -0.469 e. The lowest BCUT2D eigenvalue weighted by Crippen LogP contribution is -2.47. The van der Waals surface area contributed by atoms with Crippen LogP contribution in [0.5, 0.6) is 0 Å². The van der Waals surface area contributed by atoms with Gasteiger partial charge in [-0.15, -0.1) is 0 Å². The number of methoxy groups -OCH3 is 1. The van der Waals surface area contributed by atoms with Gasteiger partial charge in [0.25, 0.3) is 0 Å². The number of aryl methyl sites for hydroxylation is 1. The summed E-state index contributed by atoms with van der Waals surface area (Å²) >= 11 is 0. The first-order chi connectivity index (χ1) is 9.15. The number of hydrogen-bond acceptors (Lipinski definition) is 4. The zero-order valence-corrected chi connectivity index (χ0v) is 11.8. The largest absolute Gasteiger partial charge is 0.469 e. The average molecular weight is 268 g/mol. The van der Waals surface area contributed by atoms with Crippen LogP contribution in [0.25, 0.3) is 0 Å². The molecule has 0 amide bonds. The molecule has 1 aromatic rings. The fourth-order valence-corrected chi connectivity index (χ4v) is 1.73. The number of furan rings is 1. The number of hydrazine groups is 1. The van der Waals surface area contributed by atoms with Crippen molar-refractivity contribution >= 4 is 5.96 Å². The van der Waals surface area contributed by atoms with Crippen LogP contribution < -0.4 is 16.6 Å². The molecule has 2 atom stereocenters. The zero-order chi connectivity index (χ0) is 14.1. The fraction of sp³-hybridized carbons (Fsp3) is 0.615. The lowest BCUT2D eigenvalue weighted by Gasteiger charge is -2.17. The van der Waals surface area contributed by atoms with Gasteiger partial charge in [0.05, 0.1) is 18.9 Å². The number of guanidine groups is 1. The van der Waals surface area contributed by atoms with E-state index in [1.165, 1.54) is 0 Å². The molecule has 0 aliphatic rings. The number of hydrogen-bond donors (Lipinski definition) is 3. The molecule has 0 radical (unpaired) electrons. The SMILES string of the molecule is COCC(C)NC(=NC(C)CCc1ccco1)NN. The van der Waals surface area contributed by atoms with Gasteiger partial charge in [-0.1, -0.05) is 0 Å². The van der Waals surface area contributed by atoms with Gasteiger partial charge in [0, 0.05) is 19.6 Å². The van der Waals surface area contributed by atoms with E-state index in [9.17, 15) is 0 Å². The van der Waals surface area contributed by atoms with E-state index >= 15 is 0 Å². The Balaban J connectivity index is 2.40. The monoisotopic (exact) mass is 268 g/mol. The summed E-state index contributed by atoms with van der Waals surface area (Å²) in [6.07, 6.45) is 3.45. The highest BCUT2D eigenvalue weighted by atomic mass is 16.5. The van der Waals surface area contributed by atoms with Gasteiger partial charge < -0.3 is 14.5 Å². The van der Waals surface area contributed by atoms with Gasteiger partial charge in [0.1, 0.15) is 5.76 Å². The molecule has 4 N–H and O–H groups in total. The molecular formula is C13H24N4O2. The Labute approximate surface area is 114 Å². The first-order valence-corrected chi connectivity index (χ1v) is 6.48. The summed E-state index contributed by atoms with van der Waals surface area (Å²) in [5.41, 5.74) is 2.58. The highest BCUT2D eigenvalue weighted by molar-refractivity contribution is 5.79. The van der Waals surface area contributed by atoms with E-state index in [-0.39, 0.29) is 12.1 Å². The van der Waals surface area contributed by atoms with Crippen molar-refractivity contribution in [1.82, 2.24) is 10.7 Å². The van der Waals surface area contributed by atoms with Gasteiger partial charge in [-0.05, 0) is 32.4 Å². The quantitative estimate of drug-likeness (QED) is 0.298. The van der Waals surface area contributed by atoms with Crippen molar-refractivity contribution < 1.29 is 9.15 Å². The second-order valence-corrected chi connectivity index (χ2v) is 4.59. The van der Waals surface area contributed by atoms with Crippen LogP contribution in [0.1, 0.15) is 26.0 Å². The molecule has 1 aromatic heterocycles. The van der Waals surface area contributed by atoms with Crippen molar-refractivity contribution in [1.29, 1.82) is 0 Å². The van der Waals surface area contributed by atoms with Crippen LogP contribution in [0.4, 0.5) is 0 Å². The first kappa shape index (κ1) is 15.5. The molecule has 19 heavy (non-hydrogen) atoms. The molecule has 0 aromatic carbocycles. The van der Waals surface area contributed by atoms with Crippen molar-refractivity contribution in [2.75, 3.05) is 13.7 Å². The van der Waals surface area contributed by atoms with Gasteiger partial charge in [-0.25, -0.2) is 10.8 Å². The molecule has 1 heterocycles. The number of nitrogens with two attached hydrogens (primary N) is 1. The molecule has 1 rings (SSSR count). The Morgan fingerprint density at radius 1 is 1.53 bits per heavy atom. The van der Waals surface area contributed by atoms with Gasteiger partial charge in [-0.3, -0.25) is 5.43 Å². The fourth-order valence-electron chi connectivity index (χ4n) is 1.73. The standard InChI is InChI=1S/C13H24N4O2/c1-10(6-7-12-5-4-8-19-12)15-13(17-14)16-11(2)9-18-3/h4-5,8,10-11H,6-7,9,14H2,1-3H3,(H2,15,16,17). The molecular weight excluding hydrogens is 244 g/mol. The van der Waals surface area contributed by atoms with E-state index in [1.54, 1.807) is 13.4 Å². The molecule has 6 heteroatoms. The third-order valence-corrected chi connectivity index (χ3v) is 2.67. The Morgan fingerprint density at radius 3 is 2.89 bits per heavy atom. The smallest absolute Gasteiger partial charge is 0.206 e. The molecule has 108 valence electrons. The predicted octanol–water partition coefficient (Wildman–Crippen LogP) is 1.04. The highest BCUT2D eigenvalue weighted by Crippen LogP contribution is 2.07. The third-order valence-electron chi connectivity index (χ3n) is 2.67.